The Labute approximate surface area is 103 Å². The topological polar surface area (TPSA) is 7.94 Å². The number of aryl methyl sites for hydroxylation is 2. The lowest BCUT2D eigenvalue weighted by Crippen LogP contribution is -2.50. The van der Waals surface area contributed by atoms with Crippen LogP contribution in [0.1, 0.15) is 17.0 Å². The molecule has 6 heteroatoms. The fraction of sp³-hybridized carbons (Fsp3) is 0.182. The number of rotatable bonds is 0. The number of hydrogen-bond acceptors (Lipinski definition) is 0. The molecule has 3 heterocycles. The Morgan fingerprint density at radius 1 is 1.29 bits per heavy atom. The van der Waals surface area contributed by atoms with E-state index >= 15 is 0 Å². The molecular formula is C11H11BF2N2S. The van der Waals surface area contributed by atoms with Gasteiger partial charge in [0.1, 0.15) is 0 Å². The maximum Gasteiger partial charge on any atom is 0.738 e. The SMILES string of the molecule is Cc1cc(C)n2c1C=C1C=CC(S)=[N+]1[B-]2(F)F. The van der Waals surface area contributed by atoms with Gasteiger partial charge in [0.15, 0.2) is 10.7 Å². The van der Waals surface area contributed by atoms with E-state index in [1.54, 1.807) is 31.2 Å². The molecule has 2 aliphatic rings. The number of allylic oxidation sites excluding steroid dienone is 1. The van der Waals surface area contributed by atoms with Crippen molar-refractivity contribution in [1.82, 2.24) is 4.48 Å². The Hall–Kier alpha value is -1.30. The molecule has 0 aromatic carbocycles. The van der Waals surface area contributed by atoms with Gasteiger partial charge < -0.3 is 17.6 Å². The lowest BCUT2D eigenvalue weighted by atomic mass is 9.91. The molecule has 0 spiro atoms. The fourth-order valence-corrected chi connectivity index (χ4v) is 2.93. The van der Waals surface area contributed by atoms with E-state index < -0.39 is 6.97 Å². The van der Waals surface area contributed by atoms with Crippen LogP contribution >= 0.6 is 12.6 Å². The van der Waals surface area contributed by atoms with Crippen LogP contribution in [0.2, 0.25) is 0 Å². The summed E-state index contributed by atoms with van der Waals surface area (Å²) in [7, 11) is 0. The second-order valence-corrected chi connectivity index (χ2v) is 4.90. The van der Waals surface area contributed by atoms with E-state index in [0.29, 0.717) is 17.1 Å². The Bertz CT molecular complexity index is 626. The highest BCUT2D eigenvalue weighted by Crippen LogP contribution is 2.34. The van der Waals surface area contributed by atoms with Gasteiger partial charge >= 0.3 is 6.97 Å². The predicted octanol–water partition coefficient (Wildman–Crippen LogP) is 2.59. The third kappa shape index (κ3) is 1.24. The van der Waals surface area contributed by atoms with Crippen LogP contribution in [-0.4, -0.2) is 21.0 Å². The summed E-state index contributed by atoms with van der Waals surface area (Å²) < 4.78 is 31.1. The Kier molecular flexibility index (Phi) is 1.99. The van der Waals surface area contributed by atoms with Crippen molar-refractivity contribution in [2.75, 3.05) is 0 Å². The van der Waals surface area contributed by atoms with Crippen molar-refractivity contribution >= 4 is 30.7 Å². The standard InChI is InChI=1S/C11H11BF2N2S/c1-7-5-8(2)15-10(7)6-9-3-4-11(17)16(9)12(15,13)14/h3-6,17H,1-2H3. The summed E-state index contributed by atoms with van der Waals surface area (Å²) in [6, 6.07) is 1.78. The quantitative estimate of drug-likeness (QED) is 0.536. The Balaban J connectivity index is 2.39. The van der Waals surface area contributed by atoms with E-state index in [-0.39, 0.29) is 5.04 Å². The van der Waals surface area contributed by atoms with E-state index in [2.05, 4.69) is 12.6 Å². The van der Waals surface area contributed by atoms with Gasteiger partial charge in [0.25, 0.3) is 0 Å². The molecule has 0 N–H and O–H groups in total. The molecule has 88 valence electrons. The molecule has 0 unspecified atom stereocenters. The highest BCUT2D eigenvalue weighted by atomic mass is 32.1. The molecule has 0 amide bonds. The Morgan fingerprint density at radius 2 is 2.00 bits per heavy atom. The van der Waals surface area contributed by atoms with Crippen molar-refractivity contribution in [3.63, 3.8) is 0 Å². The van der Waals surface area contributed by atoms with Gasteiger partial charge in [-0.1, -0.05) is 12.6 Å². The first-order chi connectivity index (χ1) is 7.93. The highest BCUT2D eigenvalue weighted by molar-refractivity contribution is 7.97. The van der Waals surface area contributed by atoms with E-state index in [9.17, 15) is 8.63 Å². The minimum absolute atomic E-state index is 0.289. The molecule has 1 aromatic heterocycles. The third-order valence-electron chi connectivity index (χ3n) is 3.30. The van der Waals surface area contributed by atoms with Crippen molar-refractivity contribution in [3.05, 3.63) is 40.9 Å². The summed E-state index contributed by atoms with van der Waals surface area (Å²) in [5, 5.41) is 0.289. The van der Waals surface area contributed by atoms with Crippen LogP contribution in [0.3, 0.4) is 0 Å². The number of halogens is 2. The predicted molar refractivity (Wildman–Crippen MR) is 68.6 cm³/mol. The summed E-state index contributed by atoms with van der Waals surface area (Å²) in [6.45, 7) is -0.279. The normalized spacial score (nSPS) is 20.4. The molecule has 17 heavy (non-hydrogen) atoms. The van der Waals surface area contributed by atoms with Gasteiger partial charge in [-0.3, -0.25) is 0 Å². The molecule has 1 aromatic rings. The zero-order chi connectivity index (χ0) is 12.4. The summed E-state index contributed by atoms with van der Waals surface area (Å²) >= 11 is 4.10. The van der Waals surface area contributed by atoms with Gasteiger partial charge in [0.2, 0.25) is 0 Å². The zero-order valence-corrected chi connectivity index (χ0v) is 10.4. The molecule has 0 saturated heterocycles. The second kappa shape index (κ2) is 3.13. The van der Waals surface area contributed by atoms with Gasteiger partial charge in [0.05, 0.1) is 0 Å². The van der Waals surface area contributed by atoms with Crippen molar-refractivity contribution in [2.24, 2.45) is 0 Å². The van der Waals surface area contributed by atoms with Gasteiger partial charge in [-0.2, -0.15) is 0 Å². The summed E-state index contributed by atoms with van der Waals surface area (Å²) in [4.78, 5) is 0. The maximum atomic E-state index is 14.5. The van der Waals surface area contributed by atoms with Crippen LogP contribution in [0, 0.1) is 13.8 Å². The summed E-state index contributed by atoms with van der Waals surface area (Å²) in [5.74, 6) is 0. The smallest absolute Gasteiger partial charge is 0.394 e. The fourth-order valence-electron chi connectivity index (χ4n) is 2.60. The second-order valence-electron chi connectivity index (χ2n) is 4.44. The molecule has 0 aliphatic carbocycles. The molecule has 2 aliphatic heterocycles. The van der Waals surface area contributed by atoms with Crippen LogP contribution in [0.5, 0.6) is 0 Å². The molecule has 0 radical (unpaired) electrons. The summed E-state index contributed by atoms with van der Waals surface area (Å²) in [6.07, 6.45) is 5.05. The first-order valence-electron chi connectivity index (χ1n) is 5.39. The van der Waals surface area contributed by atoms with Crippen LogP contribution in [0.4, 0.5) is 8.63 Å². The molecule has 0 fully saturated rings. The zero-order valence-electron chi connectivity index (χ0n) is 9.48. The van der Waals surface area contributed by atoms with Crippen molar-refractivity contribution < 1.29 is 13.1 Å². The van der Waals surface area contributed by atoms with E-state index in [1.807, 2.05) is 6.92 Å². The molecule has 0 atom stereocenters. The number of thiol groups is 1. The minimum atomic E-state index is -3.83. The molecule has 0 saturated carbocycles. The molecule has 0 bridgehead atoms. The number of aromatic nitrogens is 1. The van der Waals surface area contributed by atoms with Crippen LogP contribution in [-0.2, 0) is 0 Å². The van der Waals surface area contributed by atoms with Gasteiger partial charge in [-0.15, -0.1) is 0 Å². The average molecular weight is 252 g/mol. The number of nitrogens with zero attached hydrogens (tertiary/aromatic N) is 2. The first-order valence-corrected chi connectivity index (χ1v) is 5.83. The Morgan fingerprint density at radius 3 is 2.71 bits per heavy atom. The molecule has 3 rings (SSSR count). The number of hydrogen-bond donors (Lipinski definition) is 1. The van der Waals surface area contributed by atoms with Crippen molar-refractivity contribution in [2.45, 2.75) is 13.8 Å². The maximum absolute atomic E-state index is 14.5. The van der Waals surface area contributed by atoms with E-state index in [4.69, 9.17) is 0 Å². The van der Waals surface area contributed by atoms with E-state index in [1.165, 1.54) is 0 Å². The lowest BCUT2D eigenvalue weighted by molar-refractivity contribution is -0.357. The largest absolute Gasteiger partial charge is 0.738 e. The third-order valence-corrected chi connectivity index (χ3v) is 3.67. The molecular weight excluding hydrogens is 241 g/mol. The summed E-state index contributed by atoms with van der Waals surface area (Å²) in [5.41, 5.74) is 2.54. The van der Waals surface area contributed by atoms with Crippen LogP contribution < -0.4 is 0 Å². The lowest BCUT2D eigenvalue weighted by Gasteiger charge is -2.29. The van der Waals surface area contributed by atoms with E-state index in [0.717, 1.165) is 14.5 Å². The first kappa shape index (κ1) is 10.8. The van der Waals surface area contributed by atoms with Crippen LogP contribution in [0.15, 0.2) is 23.9 Å². The molecule has 2 nitrogen and oxygen atoms in total. The van der Waals surface area contributed by atoms with Crippen molar-refractivity contribution in [1.29, 1.82) is 0 Å². The number of fused-ring (bicyclic) bond motifs is 2. The van der Waals surface area contributed by atoms with Gasteiger partial charge in [-0.25, -0.2) is 0 Å². The van der Waals surface area contributed by atoms with Gasteiger partial charge in [-0.05, 0) is 31.2 Å². The van der Waals surface area contributed by atoms with Crippen molar-refractivity contribution in [3.8, 4) is 0 Å². The monoisotopic (exact) mass is 252 g/mol. The minimum Gasteiger partial charge on any atom is -0.394 e. The van der Waals surface area contributed by atoms with Crippen LogP contribution in [0.25, 0.3) is 6.08 Å². The van der Waals surface area contributed by atoms with Gasteiger partial charge in [0, 0.05) is 23.9 Å². The highest BCUT2D eigenvalue weighted by Gasteiger charge is 2.52. The average Bonchev–Trinajstić information content (AvgIpc) is 2.70.